The van der Waals surface area contributed by atoms with Crippen LogP contribution >= 0.6 is 0 Å². The SMILES string of the molecule is C=CCOc1ccc(C(=O)NCc2ccnc(N3CCN(C)CC3)c2)cc1OC. The first kappa shape index (κ1) is 20.7. The summed E-state index contributed by atoms with van der Waals surface area (Å²) < 4.78 is 10.9. The monoisotopic (exact) mass is 396 g/mol. The van der Waals surface area contributed by atoms with Crippen molar-refractivity contribution >= 4 is 11.7 Å². The molecule has 0 atom stereocenters. The Morgan fingerprint density at radius 1 is 1.21 bits per heavy atom. The maximum atomic E-state index is 12.6. The lowest BCUT2D eigenvalue weighted by Gasteiger charge is -2.33. The Morgan fingerprint density at radius 2 is 2.00 bits per heavy atom. The van der Waals surface area contributed by atoms with Crippen LogP contribution in [0.25, 0.3) is 0 Å². The molecule has 0 unspecified atom stereocenters. The van der Waals surface area contributed by atoms with E-state index in [9.17, 15) is 4.79 Å². The second-order valence-electron chi connectivity index (χ2n) is 6.96. The summed E-state index contributed by atoms with van der Waals surface area (Å²) >= 11 is 0. The van der Waals surface area contributed by atoms with Gasteiger partial charge in [-0.25, -0.2) is 4.98 Å². The van der Waals surface area contributed by atoms with Crippen molar-refractivity contribution in [2.45, 2.75) is 6.54 Å². The van der Waals surface area contributed by atoms with Gasteiger partial charge in [0.1, 0.15) is 12.4 Å². The molecule has 3 rings (SSSR count). The van der Waals surface area contributed by atoms with Crippen LogP contribution in [0.15, 0.2) is 49.2 Å². The van der Waals surface area contributed by atoms with Crippen molar-refractivity contribution < 1.29 is 14.3 Å². The number of hydrogen-bond donors (Lipinski definition) is 1. The fourth-order valence-electron chi connectivity index (χ4n) is 3.14. The quantitative estimate of drug-likeness (QED) is 0.691. The Morgan fingerprint density at radius 3 is 2.72 bits per heavy atom. The highest BCUT2D eigenvalue weighted by molar-refractivity contribution is 5.94. The maximum absolute atomic E-state index is 12.6. The number of carbonyl (C=O) groups excluding carboxylic acids is 1. The summed E-state index contributed by atoms with van der Waals surface area (Å²) in [7, 11) is 3.68. The molecule has 7 heteroatoms. The van der Waals surface area contributed by atoms with E-state index in [4.69, 9.17) is 9.47 Å². The molecular weight excluding hydrogens is 368 g/mol. The number of carbonyl (C=O) groups is 1. The van der Waals surface area contributed by atoms with E-state index in [2.05, 4.69) is 33.7 Å². The highest BCUT2D eigenvalue weighted by Crippen LogP contribution is 2.28. The summed E-state index contributed by atoms with van der Waals surface area (Å²) in [4.78, 5) is 21.7. The lowest BCUT2D eigenvalue weighted by molar-refractivity contribution is 0.0950. The van der Waals surface area contributed by atoms with Gasteiger partial charge in [0.15, 0.2) is 11.5 Å². The van der Waals surface area contributed by atoms with Crippen molar-refractivity contribution in [3.05, 3.63) is 60.3 Å². The van der Waals surface area contributed by atoms with Crippen LogP contribution in [0.5, 0.6) is 11.5 Å². The number of aromatic nitrogens is 1. The summed E-state index contributed by atoms with van der Waals surface area (Å²) in [6, 6.07) is 9.09. The zero-order valence-corrected chi connectivity index (χ0v) is 17.1. The summed E-state index contributed by atoms with van der Waals surface area (Å²) in [5.41, 5.74) is 1.53. The molecule has 29 heavy (non-hydrogen) atoms. The van der Waals surface area contributed by atoms with Gasteiger partial charge in [-0.15, -0.1) is 0 Å². The number of ether oxygens (including phenoxy) is 2. The predicted molar refractivity (Wildman–Crippen MR) is 114 cm³/mol. The molecule has 7 nitrogen and oxygen atoms in total. The largest absolute Gasteiger partial charge is 0.493 e. The number of amides is 1. The zero-order valence-electron chi connectivity index (χ0n) is 17.1. The van der Waals surface area contributed by atoms with Crippen molar-refractivity contribution in [1.29, 1.82) is 0 Å². The van der Waals surface area contributed by atoms with E-state index in [-0.39, 0.29) is 5.91 Å². The Kier molecular flexibility index (Phi) is 7.08. The molecule has 154 valence electrons. The average Bonchev–Trinajstić information content (AvgIpc) is 2.76. The van der Waals surface area contributed by atoms with E-state index < -0.39 is 0 Å². The Bertz CT molecular complexity index is 848. The molecule has 1 amide bonds. The van der Waals surface area contributed by atoms with Crippen molar-refractivity contribution in [2.24, 2.45) is 0 Å². The fourth-order valence-corrected chi connectivity index (χ4v) is 3.14. The number of nitrogens with zero attached hydrogens (tertiary/aromatic N) is 3. The molecule has 1 aromatic carbocycles. The van der Waals surface area contributed by atoms with Crippen LogP contribution in [0, 0.1) is 0 Å². The van der Waals surface area contributed by atoms with Gasteiger partial charge in [0, 0.05) is 44.5 Å². The van der Waals surface area contributed by atoms with Gasteiger partial charge >= 0.3 is 0 Å². The van der Waals surface area contributed by atoms with Crippen LogP contribution in [0.4, 0.5) is 5.82 Å². The van der Waals surface area contributed by atoms with Crippen LogP contribution in [0.3, 0.4) is 0 Å². The minimum absolute atomic E-state index is 0.170. The van der Waals surface area contributed by atoms with Crippen LogP contribution in [0.2, 0.25) is 0 Å². The fraction of sp³-hybridized carbons (Fsp3) is 0.364. The summed E-state index contributed by atoms with van der Waals surface area (Å²) in [5, 5.41) is 2.96. The van der Waals surface area contributed by atoms with E-state index in [1.54, 1.807) is 37.6 Å². The number of methoxy groups -OCH3 is 1. The molecule has 1 aliphatic heterocycles. The predicted octanol–water partition coefficient (Wildman–Crippen LogP) is 2.34. The third kappa shape index (κ3) is 5.48. The van der Waals surface area contributed by atoms with Gasteiger partial charge in [-0.05, 0) is 42.9 Å². The molecule has 1 saturated heterocycles. The second kappa shape index (κ2) is 9.93. The van der Waals surface area contributed by atoms with E-state index >= 15 is 0 Å². The summed E-state index contributed by atoms with van der Waals surface area (Å²) in [5.74, 6) is 1.88. The van der Waals surface area contributed by atoms with Gasteiger partial charge < -0.3 is 24.6 Å². The third-order valence-electron chi connectivity index (χ3n) is 4.87. The molecule has 0 bridgehead atoms. The van der Waals surface area contributed by atoms with E-state index in [0.29, 0.717) is 30.2 Å². The van der Waals surface area contributed by atoms with Gasteiger partial charge in [0.25, 0.3) is 5.91 Å². The molecule has 0 saturated carbocycles. The number of anilines is 1. The second-order valence-corrected chi connectivity index (χ2v) is 6.96. The number of nitrogens with one attached hydrogen (secondary N) is 1. The van der Waals surface area contributed by atoms with Gasteiger partial charge in [0.2, 0.25) is 0 Å². The van der Waals surface area contributed by atoms with Crippen molar-refractivity contribution in [1.82, 2.24) is 15.2 Å². The zero-order chi connectivity index (χ0) is 20.6. The molecule has 2 heterocycles. The number of piperazine rings is 1. The Balaban J connectivity index is 1.62. The van der Waals surface area contributed by atoms with Crippen molar-refractivity contribution in [2.75, 3.05) is 51.8 Å². The summed E-state index contributed by atoms with van der Waals surface area (Å²) in [6.45, 7) is 8.40. The minimum Gasteiger partial charge on any atom is -0.493 e. The topological polar surface area (TPSA) is 66.9 Å². The van der Waals surface area contributed by atoms with Gasteiger partial charge in [-0.1, -0.05) is 12.7 Å². The molecule has 0 radical (unpaired) electrons. The third-order valence-corrected chi connectivity index (χ3v) is 4.87. The normalized spacial score (nSPS) is 14.3. The highest BCUT2D eigenvalue weighted by Gasteiger charge is 2.16. The molecule has 1 N–H and O–H groups in total. The number of hydrogen-bond acceptors (Lipinski definition) is 6. The van der Waals surface area contributed by atoms with Crippen LogP contribution < -0.4 is 19.7 Å². The van der Waals surface area contributed by atoms with Crippen LogP contribution in [-0.4, -0.2) is 62.7 Å². The first-order valence-corrected chi connectivity index (χ1v) is 9.69. The molecule has 2 aromatic rings. The average molecular weight is 396 g/mol. The summed E-state index contributed by atoms with van der Waals surface area (Å²) in [6.07, 6.45) is 3.45. The first-order chi connectivity index (χ1) is 14.1. The highest BCUT2D eigenvalue weighted by atomic mass is 16.5. The molecule has 1 aromatic heterocycles. The number of pyridine rings is 1. The molecule has 1 fully saturated rings. The van der Waals surface area contributed by atoms with Gasteiger partial charge in [-0.2, -0.15) is 0 Å². The first-order valence-electron chi connectivity index (χ1n) is 9.69. The van der Waals surface area contributed by atoms with Crippen molar-refractivity contribution in [3.8, 4) is 11.5 Å². The van der Waals surface area contributed by atoms with Crippen LogP contribution in [-0.2, 0) is 6.54 Å². The Labute approximate surface area is 171 Å². The van der Waals surface area contributed by atoms with Crippen molar-refractivity contribution in [3.63, 3.8) is 0 Å². The Hall–Kier alpha value is -3.06. The van der Waals surface area contributed by atoms with E-state index in [1.807, 2.05) is 12.1 Å². The molecular formula is C22H28N4O3. The lowest BCUT2D eigenvalue weighted by atomic mass is 10.1. The van der Waals surface area contributed by atoms with E-state index in [1.165, 1.54) is 0 Å². The molecule has 0 aliphatic carbocycles. The number of rotatable bonds is 8. The smallest absolute Gasteiger partial charge is 0.251 e. The lowest BCUT2D eigenvalue weighted by Crippen LogP contribution is -2.44. The molecule has 1 aliphatic rings. The van der Waals surface area contributed by atoms with Gasteiger partial charge in [-0.3, -0.25) is 4.79 Å². The number of benzene rings is 1. The van der Waals surface area contributed by atoms with E-state index in [0.717, 1.165) is 37.6 Å². The van der Waals surface area contributed by atoms with Gasteiger partial charge in [0.05, 0.1) is 7.11 Å². The van der Waals surface area contributed by atoms with Crippen LogP contribution in [0.1, 0.15) is 15.9 Å². The standard InChI is InChI=1S/C22H28N4O3/c1-4-13-29-19-6-5-18(15-20(19)28-3)22(27)24-16-17-7-8-23-21(14-17)26-11-9-25(2)10-12-26/h4-8,14-15H,1,9-13,16H2,2-3H3,(H,24,27). The minimum atomic E-state index is -0.170. The molecule has 0 spiro atoms. The number of likely N-dealkylation sites (N-methyl/N-ethyl adjacent to an activating group) is 1. The maximum Gasteiger partial charge on any atom is 0.251 e.